The number of rotatable bonds is 7. The van der Waals surface area contributed by atoms with Crippen LogP contribution in [0.25, 0.3) is 11.3 Å². The van der Waals surface area contributed by atoms with E-state index in [4.69, 9.17) is 0 Å². The minimum Gasteiger partial charge on any atom is -0.354 e. The molecule has 2 bridgehead atoms. The van der Waals surface area contributed by atoms with E-state index < -0.39 is 0 Å². The fourth-order valence-electron chi connectivity index (χ4n) is 4.52. The van der Waals surface area contributed by atoms with Gasteiger partial charge in [0.05, 0.1) is 5.69 Å². The number of nitrogens with one attached hydrogen (secondary N) is 2. The first-order valence-corrected chi connectivity index (χ1v) is 10.6. The first-order chi connectivity index (χ1) is 14.7. The molecule has 2 fully saturated rings. The van der Waals surface area contributed by atoms with Crippen molar-refractivity contribution in [1.29, 1.82) is 0 Å². The number of nitrogens with zero attached hydrogens (tertiary/aromatic N) is 3. The normalized spacial score (nSPS) is 20.6. The molecule has 0 saturated carbocycles. The van der Waals surface area contributed by atoms with Gasteiger partial charge in [-0.15, -0.1) is 0 Å². The molecule has 3 aromatic rings. The summed E-state index contributed by atoms with van der Waals surface area (Å²) < 4.78 is 13.3. The molecule has 0 radical (unpaired) electrons. The number of likely N-dealkylation sites (tertiary alicyclic amines) is 1. The third kappa shape index (κ3) is 4.35. The van der Waals surface area contributed by atoms with Crippen molar-refractivity contribution < 1.29 is 4.39 Å². The van der Waals surface area contributed by atoms with Crippen LogP contribution >= 0.6 is 0 Å². The van der Waals surface area contributed by atoms with Gasteiger partial charge in [-0.2, -0.15) is 0 Å². The van der Waals surface area contributed by atoms with E-state index in [0.717, 1.165) is 36.5 Å². The Hall–Kier alpha value is -2.83. The van der Waals surface area contributed by atoms with Gasteiger partial charge in [-0.25, -0.2) is 14.4 Å². The van der Waals surface area contributed by atoms with Crippen LogP contribution in [-0.4, -0.2) is 46.6 Å². The Labute approximate surface area is 176 Å². The van der Waals surface area contributed by atoms with Crippen LogP contribution in [0, 0.1) is 5.82 Å². The van der Waals surface area contributed by atoms with Crippen LogP contribution < -0.4 is 10.6 Å². The van der Waals surface area contributed by atoms with Gasteiger partial charge in [-0.3, -0.25) is 4.90 Å². The number of anilines is 1. The van der Waals surface area contributed by atoms with Crippen molar-refractivity contribution in [1.82, 2.24) is 20.2 Å². The van der Waals surface area contributed by atoms with E-state index in [1.54, 1.807) is 18.3 Å². The van der Waals surface area contributed by atoms with E-state index in [1.165, 1.54) is 18.1 Å². The molecule has 2 aromatic carbocycles. The largest absolute Gasteiger partial charge is 0.354 e. The van der Waals surface area contributed by atoms with Gasteiger partial charge in [0.2, 0.25) is 5.95 Å². The Morgan fingerprint density at radius 1 is 1.10 bits per heavy atom. The van der Waals surface area contributed by atoms with Crippen molar-refractivity contribution in [3.63, 3.8) is 0 Å². The molecule has 154 valence electrons. The standard InChI is InChI=1S/C24H26FN5/c25-20-6-2-3-17(12-20)7-9-26-24-27-10-8-23(29-24)19-5-1-4-18(11-19)15-30-16-21-13-22(30)14-28-21/h1-6,8,10-12,21-22,28H,7,9,13-16H2,(H,26,27,29). The van der Waals surface area contributed by atoms with Gasteiger partial charge in [0.15, 0.2) is 0 Å². The third-order valence-electron chi connectivity index (χ3n) is 6.02. The number of aromatic nitrogens is 2. The Bertz CT molecular complexity index is 1020. The summed E-state index contributed by atoms with van der Waals surface area (Å²) >= 11 is 0. The molecule has 3 heterocycles. The van der Waals surface area contributed by atoms with Crippen LogP contribution in [0.4, 0.5) is 10.3 Å². The van der Waals surface area contributed by atoms with E-state index in [2.05, 4.69) is 49.8 Å². The van der Waals surface area contributed by atoms with Crippen molar-refractivity contribution in [2.75, 3.05) is 25.0 Å². The average Bonchev–Trinajstić information content (AvgIpc) is 3.38. The second-order valence-electron chi connectivity index (χ2n) is 8.20. The SMILES string of the molecule is Fc1cccc(CCNc2nccc(-c3cccc(CN4CC5CC4CN5)c3)n2)c1. The number of hydrogen-bond acceptors (Lipinski definition) is 5. The van der Waals surface area contributed by atoms with Crippen molar-refractivity contribution >= 4 is 5.95 Å². The monoisotopic (exact) mass is 403 g/mol. The summed E-state index contributed by atoms with van der Waals surface area (Å²) in [6.07, 6.45) is 3.77. The van der Waals surface area contributed by atoms with Gasteiger partial charge >= 0.3 is 0 Å². The highest BCUT2D eigenvalue weighted by Gasteiger charge is 2.37. The highest BCUT2D eigenvalue weighted by molar-refractivity contribution is 5.61. The molecule has 1 aromatic heterocycles. The molecule has 0 amide bonds. The second-order valence-corrected chi connectivity index (χ2v) is 8.20. The molecule has 2 saturated heterocycles. The lowest BCUT2D eigenvalue weighted by atomic mass is 10.1. The average molecular weight is 404 g/mol. The molecule has 0 aliphatic carbocycles. The van der Waals surface area contributed by atoms with E-state index in [-0.39, 0.29) is 5.82 Å². The lowest BCUT2D eigenvalue weighted by Gasteiger charge is -2.27. The molecule has 30 heavy (non-hydrogen) atoms. The van der Waals surface area contributed by atoms with E-state index in [1.807, 2.05) is 12.1 Å². The predicted octanol–water partition coefficient (Wildman–Crippen LogP) is 3.48. The predicted molar refractivity (Wildman–Crippen MR) is 117 cm³/mol. The maximum absolute atomic E-state index is 13.3. The summed E-state index contributed by atoms with van der Waals surface area (Å²) in [6.45, 7) is 3.89. The molecule has 5 rings (SSSR count). The summed E-state index contributed by atoms with van der Waals surface area (Å²) in [5.41, 5.74) is 4.28. The molecule has 2 aliphatic heterocycles. The molecule has 5 nitrogen and oxygen atoms in total. The summed E-state index contributed by atoms with van der Waals surface area (Å²) in [5, 5.41) is 6.82. The van der Waals surface area contributed by atoms with Crippen molar-refractivity contribution in [3.8, 4) is 11.3 Å². The molecule has 6 heteroatoms. The number of fused-ring (bicyclic) bond motifs is 2. The lowest BCUT2D eigenvalue weighted by Crippen LogP contribution is -2.42. The summed E-state index contributed by atoms with van der Waals surface area (Å²) in [5.74, 6) is 0.390. The molecular formula is C24H26FN5. The minimum atomic E-state index is -0.205. The van der Waals surface area contributed by atoms with Crippen LogP contribution in [0.5, 0.6) is 0 Å². The van der Waals surface area contributed by atoms with Crippen LogP contribution in [0.15, 0.2) is 60.8 Å². The first kappa shape index (κ1) is 19.2. The van der Waals surface area contributed by atoms with Gasteiger partial charge in [-0.1, -0.05) is 30.3 Å². The summed E-state index contributed by atoms with van der Waals surface area (Å²) in [7, 11) is 0. The number of benzene rings is 2. The summed E-state index contributed by atoms with van der Waals surface area (Å²) in [4.78, 5) is 11.6. The molecule has 2 atom stereocenters. The highest BCUT2D eigenvalue weighted by Crippen LogP contribution is 2.26. The van der Waals surface area contributed by atoms with Crippen molar-refractivity contribution in [3.05, 3.63) is 77.7 Å². The van der Waals surface area contributed by atoms with Gasteiger partial charge in [-0.05, 0) is 48.2 Å². The molecule has 0 spiro atoms. The van der Waals surface area contributed by atoms with Crippen LogP contribution in [0.3, 0.4) is 0 Å². The minimum absolute atomic E-state index is 0.205. The highest BCUT2D eigenvalue weighted by atomic mass is 19.1. The van der Waals surface area contributed by atoms with E-state index in [0.29, 0.717) is 31.0 Å². The Balaban J connectivity index is 1.23. The molecule has 2 unspecified atom stereocenters. The first-order valence-electron chi connectivity index (χ1n) is 10.6. The number of halogens is 1. The summed E-state index contributed by atoms with van der Waals surface area (Å²) in [6, 6.07) is 18.6. The fraction of sp³-hybridized carbons (Fsp3) is 0.333. The van der Waals surface area contributed by atoms with Crippen LogP contribution in [0.1, 0.15) is 17.5 Å². The quantitative estimate of drug-likeness (QED) is 0.633. The zero-order valence-electron chi connectivity index (χ0n) is 16.9. The van der Waals surface area contributed by atoms with E-state index in [9.17, 15) is 4.39 Å². The maximum Gasteiger partial charge on any atom is 0.223 e. The smallest absolute Gasteiger partial charge is 0.223 e. The van der Waals surface area contributed by atoms with E-state index >= 15 is 0 Å². The van der Waals surface area contributed by atoms with Crippen LogP contribution in [-0.2, 0) is 13.0 Å². The van der Waals surface area contributed by atoms with Crippen molar-refractivity contribution in [2.45, 2.75) is 31.5 Å². The topological polar surface area (TPSA) is 53.1 Å². The Morgan fingerprint density at radius 2 is 2.00 bits per heavy atom. The third-order valence-corrected chi connectivity index (χ3v) is 6.02. The van der Waals surface area contributed by atoms with Gasteiger partial charge < -0.3 is 10.6 Å². The van der Waals surface area contributed by atoms with Gasteiger partial charge in [0.25, 0.3) is 0 Å². The second kappa shape index (κ2) is 8.50. The zero-order chi connectivity index (χ0) is 20.3. The fourth-order valence-corrected chi connectivity index (χ4v) is 4.52. The maximum atomic E-state index is 13.3. The Kier molecular flexibility index (Phi) is 5.43. The lowest BCUT2D eigenvalue weighted by molar-refractivity contribution is 0.218. The molecular weight excluding hydrogens is 377 g/mol. The van der Waals surface area contributed by atoms with Gasteiger partial charge in [0.1, 0.15) is 5.82 Å². The molecule has 2 N–H and O–H groups in total. The van der Waals surface area contributed by atoms with Crippen molar-refractivity contribution in [2.24, 2.45) is 0 Å². The Morgan fingerprint density at radius 3 is 2.83 bits per heavy atom. The van der Waals surface area contributed by atoms with Crippen LogP contribution in [0.2, 0.25) is 0 Å². The zero-order valence-corrected chi connectivity index (χ0v) is 16.9. The molecule has 2 aliphatic rings. The number of hydrogen-bond donors (Lipinski definition) is 2. The van der Waals surface area contributed by atoms with Gasteiger partial charge in [0, 0.05) is 50.0 Å². The number of piperazine rings is 1.